The maximum Gasteiger partial charge on any atom is 0.472 e. The maximum atomic E-state index is 13.1. The molecule has 0 saturated heterocycles. The van der Waals surface area contributed by atoms with Crippen molar-refractivity contribution in [3.8, 4) is 0 Å². The van der Waals surface area contributed by atoms with Crippen LogP contribution in [-0.4, -0.2) is 96.7 Å². The van der Waals surface area contributed by atoms with E-state index < -0.39 is 97.5 Å². The fraction of sp³-hybridized carbons (Fsp3) is 0.951. The molecule has 17 nitrogen and oxygen atoms in total. The van der Waals surface area contributed by atoms with Crippen LogP contribution < -0.4 is 0 Å². The summed E-state index contributed by atoms with van der Waals surface area (Å²) < 4.78 is 68.7. The summed E-state index contributed by atoms with van der Waals surface area (Å²) in [4.78, 5) is 73.0. The van der Waals surface area contributed by atoms with Crippen molar-refractivity contribution in [2.24, 2.45) is 5.92 Å². The van der Waals surface area contributed by atoms with Crippen LogP contribution in [0.15, 0.2) is 0 Å². The van der Waals surface area contributed by atoms with Gasteiger partial charge in [0, 0.05) is 25.7 Å². The zero-order valence-electron chi connectivity index (χ0n) is 65.3. The van der Waals surface area contributed by atoms with Crippen LogP contribution in [0.2, 0.25) is 0 Å². The number of carbonyl (C=O) groups is 4. The zero-order chi connectivity index (χ0) is 73.4. The van der Waals surface area contributed by atoms with Gasteiger partial charge in [0.2, 0.25) is 0 Å². The lowest BCUT2D eigenvalue weighted by atomic mass is 10.0. The Balaban J connectivity index is 5.20. The van der Waals surface area contributed by atoms with E-state index in [0.717, 1.165) is 95.8 Å². The van der Waals surface area contributed by atoms with Gasteiger partial charge in [0.1, 0.15) is 19.3 Å². The van der Waals surface area contributed by atoms with Crippen LogP contribution in [0.5, 0.6) is 0 Å². The molecule has 0 aliphatic heterocycles. The minimum atomic E-state index is -4.96. The number of aliphatic hydroxyl groups excluding tert-OH is 1. The monoisotopic (exact) mass is 1470 g/mol. The molecule has 5 atom stereocenters. The molecule has 0 aromatic carbocycles. The van der Waals surface area contributed by atoms with Crippen molar-refractivity contribution in [1.82, 2.24) is 0 Å². The third-order valence-electron chi connectivity index (χ3n) is 19.0. The van der Waals surface area contributed by atoms with Gasteiger partial charge in [-0.15, -0.1) is 0 Å². The molecule has 0 spiro atoms. The standard InChI is InChI=1S/C81H158O17P2/c1-6-9-12-15-18-21-24-26-27-28-29-30-31-32-33-34-35-42-47-52-57-62-67-81(86)98-77(71-92-79(84)65-60-55-50-45-41-37-36-39-43-48-53-58-63-74(4)5)73-96-100(89,90)94-69-75(82)68-93-99(87,88)95-72-76(70-91-78(83)64-59-54-49-44-38-23-20-17-14-11-8-3)97-80(85)66-61-56-51-46-40-25-22-19-16-13-10-7-2/h74-77,82H,6-73H2,1-5H3,(H,87,88)(H,89,90)/t75-,76+,77+/m0/s1. The Morgan fingerprint density at radius 2 is 0.460 bits per heavy atom. The molecular formula is C81H158O17P2. The van der Waals surface area contributed by atoms with Crippen molar-refractivity contribution in [3.63, 3.8) is 0 Å². The van der Waals surface area contributed by atoms with E-state index in [0.29, 0.717) is 25.7 Å². The molecule has 2 unspecified atom stereocenters. The predicted molar refractivity (Wildman–Crippen MR) is 409 cm³/mol. The molecule has 19 heteroatoms. The molecule has 3 N–H and O–H groups in total. The molecule has 0 amide bonds. The number of phosphoric acid groups is 2. The Labute approximate surface area is 613 Å². The molecule has 594 valence electrons. The van der Waals surface area contributed by atoms with Gasteiger partial charge in [-0.2, -0.15) is 0 Å². The summed E-state index contributed by atoms with van der Waals surface area (Å²) in [6.45, 7) is 7.33. The van der Waals surface area contributed by atoms with Crippen LogP contribution in [0.3, 0.4) is 0 Å². The molecule has 0 radical (unpaired) electrons. The number of unbranched alkanes of at least 4 members (excludes halogenated alkanes) is 53. The van der Waals surface area contributed by atoms with Crippen molar-refractivity contribution < 1.29 is 80.2 Å². The van der Waals surface area contributed by atoms with Gasteiger partial charge < -0.3 is 33.8 Å². The second kappa shape index (κ2) is 73.9. The number of rotatable bonds is 81. The van der Waals surface area contributed by atoms with Crippen molar-refractivity contribution >= 4 is 39.5 Å². The fourth-order valence-electron chi connectivity index (χ4n) is 12.6. The van der Waals surface area contributed by atoms with Gasteiger partial charge in [0.15, 0.2) is 12.2 Å². The first-order chi connectivity index (χ1) is 48.5. The van der Waals surface area contributed by atoms with E-state index in [9.17, 15) is 43.2 Å². The van der Waals surface area contributed by atoms with Crippen LogP contribution in [-0.2, 0) is 65.4 Å². The van der Waals surface area contributed by atoms with E-state index in [-0.39, 0.29) is 25.7 Å². The molecule has 0 heterocycles. The highest BCUT2D eigenvalue weighted by molar-refractivity contribution is 7.47. The lowest BCUT2D eigenvalue weighted by molar-refractivity contribution is -0.161. The molecule has 0 rings (SSSR count). The average Bonchev–Trinajstić information content (AvgIpc) is 0.947. The number of phosphoric ester groups is 2. The summed E-state index contributed by atoms with van der Waals surface area (Å²) >= 11 is 0. The SMILES string of the molecule is CCCCCCCCCCCCCCCCCCCCCCCCC(=O)O[C@H](COC(=O)CCCCCCCCCCCCCCC(C)C)COP(=O)(O)OC[C@@H](O)COP(=O)(O)OC[C@@H](COC(=O)CCCCCCCCCCCCC)OC(=O)CCCCCCCCCCCCCC. The Hall–Kier alpha value is -1.94. The quantitative estimate of drug-likeness (QED) is 0.0222. The first-order valence-electron chi connectivity index (χ1n) is 42.1. The minimum absolute atomic E-state index is 0.108. The number of esters is 4. The van der Waals surface area contributed by atoms with Crippen LogP contribution in [0.4, 0.5) is 0 Å². The number of hydrogen-bond acceptors (Lipinski definition) is 15. The third-order valence-corrected chi connectivity index (χ3v) is 20.9. The number of carbonyl (C=O) groups excluding carboxylic acids is 4. The third kappa shape index (κ3) is 74.3. The van der Waals surface area contributed by atoms with E-state index in [1.54, 1.807) is 0 Å². The highest BCUT2D eigenvalue weighted by Gasteiger charge is 2.30. The van der Waals surface area contributed by atoms with Crippen LogP contribution in [0.1, 0.15) is 433 Å². The van der Waals surface area contributed by atoms with E-state index in [1.807, 2.05) is 0 Å². The largest absolute Gasteiger partial charge is 0.472 e. The lowest BCUT2D eigenvalue weighted by Crippen LogP contribution is -2.30. The van der Waals surface area contributed by atoms with Crippen LogP contribution in [0, 0.1) is 5.92 Å². The first kappa shape index (κ1) is 98.1. The van der Waals surface area contributed by atoms with Gasteiger partial charge in [-0.3, -0.25) is 37.3 Å². The van der Waals surface area contributed by atoms with Crippen molar-refractivity contribution in [2.45, 2.75) is 451 Å². The van der Waals surface area contributed by atoms with Gasteiger partial charge in [0.05, 0.1) is 26.4 Å². The van der Waals surface area contributed by atoms with E-state index in [2.05, 4.69) is 34.6 Å². The molecule has 0 fully saturated rings. The predicted octanol–water partition coefficient (Wildman–Crippen LogP) is 24.4. The summed E-state index contributed by atoms with van der Waals surface area (Å²) in [5, 5.41) is 10.6. The first-order valence-corrected chi connectivity index (χ1v) is 45.1. The zero-order valence-corrected chi connectivity index (χ0v) is 67.1. The summed E-state index contributed by atoms with van der Waals surface area (Å²) in [6, 6.07) is 0. The van der Waals surface area contributed by atoms with Gasteiger partial charge in [-0.25, -0.2) is 9.13 Å². The molecule has 0 aromatic rings. The Morgan fingerprint density at radius 3 is 0.680 bits per heavy atom. The molecule has 0 aromatic heterocycles. The van der Waals surface area contributed by atoms with Gasteiger partial charge in [-0.1, -0.05) is 381 Å². The topological polar surface area (TPSA) is 237 Å². The fourth-order valence-corrected chi connectivity index (χ4v) is 14.2. The second-order valence-corrected chi connectivity index (χ2v) is 32.5. The Bertz CT molecular complexity index is 1910. The summed E-state index contributed by atoms with van der Waals surface area (Å²) in [5.74, 6) is -1.32. The van der Waals surface area contributed by atoms with Gasteiger partial charge in [-0.05, 0) is 31.6 Å². The molecule has 100 heavy (non-hydrogen) atoms. The molecule has 0 bridgehead atoms. The van der Waals surface area contributed by atoms with E-state index in [1.165, 1.54) is 257 Å². The average molecular weight is 1470 g/mol. The lowest BCUT2D eigenvalue weighted by Gasteiger charge is -2.21. The van der Waals surface area contributed by atoms with E-state index in [4.69, 9.17) is 37.0 Å². The molecule has 0 aliphatic rings. The normalized spacial score (nSPS) is 13.8. The van der Waals surface area contributed by atoms with Gasteiger partial charge >= 0.3 is 39.5 Å². The number of aliphatic hydroxyl groups is 1. The number of hydrogen-bond donors (Lipinski definition) is 3. The van der Waals surface area contributed by atoms with Crippen molar-refractivity contribution in [3.05, 3.63) is 0 Å². The maximum absolute atomic E-state index is 13.1. The van der Waals surface area contributed by atoms with E-state index >= 15 is 0 Å². The highest BCUT2D eigenvalue weighted by Crippen LogP contribution is 2.45. The Morgan fingerprint density at radius 1 is 0.270 bits per heavy atom. The minimum Gasteiger partial charge on any atom is -0.462 e. The number of ether oxygens (including phenoxy) is 4. The smallest absolute Gasteiger partial charge is 0.462 e. The summed E-state index contributed by atoms with van der Waals surface area (Å²) in [5.41, 5.74) is 0. The Kier molecular flexibility index (Phi) is 72.5. The van der Waals surface area contributed by atoms with Gasteiger partial charge in [0.25, 0.3) is 0 Å². The highest BCUT2D eigenvalue weighted by atomic mass is 31.2. The molecular weight excluding hydrogens is 1310 g/mol. The molecule has 0 aliphatic carbocycles. The van der Waals surface area contributed by atoms with Crippen molar-refractivity contribution in [1.29, 1.82) is 0 Å². The summed E-state index contributed by atoms with van der Waals surface area (Å²) in [6.07, 6.45) is 65.2. The second-order valence-electron chi connectivity index (χ2n) is 29.6. The van der Waals surface area contributed by atoms with Crippen LogP contribution >= 0.6 is 15.6 Å². The van der Waals surface area contributed by atoms with Crippen LogP contribution in [0.25, 0.3) is 0 Å². The molecule has 0 saturated carbocycles. The van der Waals surface area contributed by atoms with Crippen molar-refractivity contribution in [2.75, 3.05) is 39.6 Å². The summed E-state index contributed by atoms with van der Waals surface area (Å²) in [7, 11) is -9.92.